The van der Waals surface area contributed by atoms with Gasteiger partial charge in [-0.1, -0.05) is 12.1 Å². The van der Waals surface area contributed by atoms with Crippen molar-refractivity contribution in [3.05, 3.63) is 38.3 Å². The summed E-state index contributed by atoms with van der Waals surface area (Å²) in [6, 6.07) is 4.11. The van der Waals surface area contributed by atoms with Gasteiger partial charge in [-0.2, -0.15) is 0 Å². The fourth-order valence-corrected chi connectivity index (χ4v) is 2.36. The van der Waals surface area contributed by atoms with Crippen LogP contribution in [-0.2, 0) is 11.3 Å². The van der Waals surface area contributed by atoms with E-state index in [0.717, 1.165) is 4.90 Å². The minimum atomic E-state index is -0.521. The third-order valence-corrected chi connectivity index (χ3v) is 3.73. The quantitative estimate of drug-likeness (QED) is 0.481. The van der Waals surface area contributed by atoms with Crippen molar-refractivity contribution in [2.24, 2.45) is 0 Å². The first-order valence-corrected chi connectivity index (χ1v) is 6.18. The number of likely N-dealkylation sites (N-methyl/N-ethyl adjacent to an activating group) is 1. The molecule has 1 aliphatic heterocycles. The van der Waals surface area contributed by atoms with Gasteiger partial charge in [-0.3, -0.25) is 19.8 Å². The number of benzene rings is 1. The number of rotatable bonds is 3. The minimum absolute atomic E-state index is 0.0181. The maximum absolute atomic E-state index is 11.7. The lowest BCUT2D eigenvalue weighted by Crippen LogP contribution is -2.31. The molecule has 0 atom stereocenters. The van der Waals surface area contributed by atoms with Gasteiger partial charge in [0.2, 0.25) is 0 Å². The number of hydrogen-bond acceptors (Lipinski definition) is 4. The standard InChI is InChI=1S/C11H10BrN3O4/c1-13-6-9(16)14(11(13)17)5-7-3-2-4-8(10(7)12)15(18)19/h2-4H,5-6H2,1H3. The van der Waals surface area contributed by atoms with Gasteiger partial charge in [0.05, 0.1) is 11.5 Å². The molecule has 1 aliphatic rings. The van der Waals surface area contributed by atoms with Crippen LogP contribution in [0.15, 0.2) is 22.7 Å². The lowest BCUT2D eigenvalue weighted by atomic mass is 10.2. The van der Waals surface area contributed by atoms with Gasteiger partial charge in [-0.05, 0) is 21.5 Å². The molecule has 0 saturated carbocycles. The summed E-state index contributed by atoms with van der Waals surface area (Å²) in [4.78, 5) is 36.0. The number of carbonyl (C=O) groups is 2. The monoisotopic (exact) mass is 327 g/mol. The van der Waals surface area contributed by atoms with Gasteiger partial charge in [0.15, 0.2) is 0 Å². The van der Waals surface area contributed by atoms with Crippen LogP contribution in [0.2, 0.25) is 0 Å². The van der Waals surface area contributed by atoms with E-state index >= 15 is 0 Å². The zero-order chi connectivity index (χ0) is 14.2. The van der Waals surface area contributed by atoms with Crippen molar-refractivity contribution in [3.63, 3.8) is 0 Å². The summed E-state index contributed by atoms with van der Waals surface area (Å²) in [5.74, 6) is -0.314. The molecule has 1 saturated heterocycles. The summed E-state index contributed by atoms with van der Waals surface area (Å²) in [7, 11) is 1.53. The summed E-state index contributed by atoms with van der Waals surface area (Å²) >= 11 is 3.14. The number of amides is 3. The van der Waals surface area contributed by atoms with E-state index in [4.69, 9.17) is 0 Å². The van der Waals surface area contributed by atoms with E-state index in [-0.39, 0.29) is 29.2 Å². The summed E-state index contributed by atoms with van der Waals surface area (Å²) < 4.78 is 0.287. The third-order valence-electron chi connectivity index (χ3n) is 2.81. The van der Waals surface area contributed by atoms with Crippen LogP contribution in [0.3, 0.4) is 0 Å². The Morgan fingerprint density at radius 1 is 1.42 bits per heavy atom. The van der Waals surface area contributed by atoms with Crippen LogP contribution < -0.4 is 0 Å². The number of nitro groups is 1. The molecule has 8 heteroatoms. The molecule has 0 radical (unpaired) electrons. The number of imide groups is 1. The highest BCUT2D eigenvalue weighted by atomic mass is 79.9. The molecule has 1 fully saturated rings. The van der Waals surface area contributed by atoms with Gasteiger partial charge in [-0.15, -0.1) is 0 Å². The first kappa shape index (κ1) is 13.5. The molecule has 1 heterocycles. The van der Waals surface area contributed by atoms with Crippen molar-refractivity contribution in [3.8, 4) is 0 Å². The lowest BCUT2D eigenvalue weighted by molar-refractivity contribution is -0.385. The Morgan fingerprint density at radius 3 is 2.63 bits per heavy atom. The number of halogens is 1. The number of nitrogens with zero attached hydrogens (tertiary/aromatic N) is 3. The highest BCUT2D eigenvalue weighted by molar-refractivity contribution is 9.10. The van der Waals surface area contributed by atoms with Crippen LogP contribution in [0, 0.1) is 10.1 Å². The van der Waals surface area contributed by atoms with E-state index in [1.807, 2.05) is 0 Å². The Hall–Kier alpha value is -1.96. The van der Waals surface area contributed by atoms with Crippen molar-refractivity contribution in [2.45, 2.75) is 6.54 Å². The molecule has 3 amide bonds. The number of urea groups is 1. The molecular weight excluding hydrogens is 318 g/mol. The topological polar surface area (TPSA) is 83.8 Å². The smallest absolute Gasteiger partial charge is 0.318 e. The van der Waals surface area contributed by atoms with Gasteiger partial charge < -0.3 is 4.90 Å². The Labute approximate surface area is 117 Å². The number of carbonyl (C=O) groups excluding carboxylic acids is 2. The lowest BCUT2D eigenvalue weighted by Gasteiger charge is -2.15. The highest BCUT2D eigenvalue weighted by Crippen LogP contribution is 2.29. The SMILES string of the molecule is CN1CC(=O)N(Cc2cccc([N+](=O)[O-])c2Br)C1=O. The van der Waals surface area contributed by atoms with E-state index in [2.05, 4.69) is 15.9 Å². The van der Waals surface area contributed by atoms with Crippen LogP contribution >= 0.6 is 15.9 Å². The second-order valence-electron chi connectivity index (χ2n) is 4.13. The molecule has 0 N–H and O–H groups in total. The van der Waals surface area contributed by atoms with E-state index < -0.39 is 11.0 Å². The molecule has 19 heavy (non-hydrogen) atoms. The van der Waals surface area contributed by atoms with Crippen molar-refractivity contribution in [1.82, 2.24) is 9.80 Å². The summed E-state index contributed by atoms with van der Waals surface area (Å²) in [6.45, 7) is 0.0512. The summed E-state index contributed by atoms with van der Waals surface area (Å²) in [5, 5.41) is 10.8. The Bertz CT molecular complexity index is 575. The zero-order valence-corrected chi connectivity index (χ0v) is 11.6. The van der Waals surface area contributed by atoms with Crippen LogP contribution in [0.4, 0.5) is 10.5 Å². The first-order valence-electron chi connectivity index (χ1n) is 5.39. The highest BCUT2D eigenvalue weighted by Gasteiger charge is 2.34. The molecule has 1 aromatic rings. The zero-order valence-electron chi connectivity index (χ0n) is 10.00. The molecule has 0 aromatic heterocycles. The summed E-state index contributed by atoms with van der Waals surface area (Å²) in [6.07, 6.45) is 0. The molecule has 0 unspecified atom stereocenters. The second-order valence-corrected chi connectivity index (χ2v) is 4.92. The van der Waals surface area contributed by atoms with Crippen LogP contribution in [0.5, 0.6) is 0 Å². The fourth-order valence-electron chi connectivity index (χ4n) is 1.82. The van der Waals surface area contributed by atoms with Crippen LogP contribution in [0.1, 0.15) is 5.56 Å². The molecule has 7 nitrogen and oxygen atoms in total. The van der Waals surface area contributed by atoms with Gasteiger partial charge in [0.1, 0.15) is 11.0 Å². The third kappa shape index (κ3) is 2.43. The predicted octanol–water partition coefficient (Wildman–Crippen LogP) is 1.75. The van der Waals surface area contributed by atoms with Gasteiger partial charge >= 0.3 is 6.03 Å². The Balaban J connectivity index is 2.30. The normalized spacial score (nSPS) is 15.3. The predicted molar refractivity (Wildman–Crippen MR) is 69.4 cm³/mol. The van der Waals surface area contributed by atoms with Gasteiger partial charge in [0, 0.05) is 13.1 Å². The average molecular weight is 328 g/mol. The number of hydrogen-bond donors (Lipinski definition) is 0. The van der Waals surface area contributed by atoms with Crippen molar-refractivity contribution < 1.29 is 14.5 Å². The molecule has 0 spiro atoms. The largest absolute Gasteiger partial charge is 0.327 e. The maximum Gasteiger partial charge on any atom is 0.327 e. The van der Waals surface area contributed by atoms with Crippen LogP contribution in [-0.4, -0.2) is 40.3 Å². The fraction of sp³-hybridized carbons (Fsp3) is 0.273. The molecule has 0 aliphatic carbocycles. The molecule has 100 valence electrons. The van der Waals surface area contributed by atoms with Crippen molar-refractivity contribution >= 4 is 33.6 Å². The first-order chi connectivity index (χ1) is 8.91. The van der Waals surface area contributed by atoms with E-state index in [0.29, 0.717) is 5.56 Å². The minimum Gasteiger partial charge on any atom is -0.318 e. The number of nitro benzene ring substituents is 1. The van der Waals surface area contributed by atoms with Gasteiger partial charge in [0.25, 0.3) is 11.6 Å². The average Bonchev–Trinajstić information content (AvgIpc) is 2.58. The summed E-state index contributed by atoms with van der Waals surface area (Å²) in [5.41, 5.74) is 0.427. The molecule has 2 rings (SSSR count). The van der Waals surface area contributed by atoms with Crippen molar-refractivity contribution in [1.29, 1.82) is 0 Å². The Morgan fingerprint density at radius 2 is 2.11 bits per heavy atom. The molecular formula is C11H10BrN3O4. The maximum atomic E-state index is 11.7. The van der Waals surface area contributed by atoms with E-state index in [9.17, 15) is 19.7 Å². The van der Waals surface area contributed by atoms with Crippen molar-refractivity contribution in [2.75, 3.05) is 13.6 Å². The van der Waals surface area contributed by atoms with E-state index in [1.54, 1.807) is 6.07 Å². The van der Waals surface area contributed by atoms with Crippen LogP contribution in [0.25, 0.3) is 0 Å². The Kier molecular flexibility index (Phi) is 3.52. The molecule has 0 bridgehead atoms. The molecule has 1 aromatic carbocycles. The van der Waals surface area contributed by atoms with Gasteiger partial charge in [-0.25, -0.2) is 4.79 Å². The second kappa shape index (κ2) is 4.96. The van der Waals surface area contributed by atoms with E-state index in [1.165, 1.54) is 24.1 Å².